The second-order valence-electron chi connectivity index (χ2n) is 5.43. The van der Waals surface area contributed by atoms with Crippen LogP contribution in [0.15, 0.2) is 0 Å². The third-order valence-electron chi connectivity index (χ3n) is 3.70. The van der Waals surface area contributed by atoms with Gasteiger partial charge in [-0.05, 0) is 12.8 Å². The second kappa shape index (κ2) is 7.04. The largest absolute Gasteiger partial charge is 0.377 e. The third kappa shape index (κ3) is 3.82. The van der Waals surface area contributed by atoms with Gasteiger partial charge in [0.1, 0.15) is 6.61 Å². The van der Waals surface area contributed by atoms with Crippen LogP contribution in [0.4, 0.5) is 9.93 Å². The molecule has 0 N–H and O–H groups in total. The first kappa shape index (κ1) is 16.0. The Morgan fingerprint density at radius 3 is 2.62 bits per heavy atom. The summed E-state index contributed by atoms with van der Waals surface area (Å²) in [6, 6.07) is 0.356. The molecule has 7 nitrogen and oxygen atoms in total. The van der Waals surface area contributed by atoms with Gasteiger partial charge in [-0.25, -0.2) is 9.78 Å². The van der Waals surface area contributed by atoms with E-state index in [-0.39, 0.29) is 6.03 Å². The summed E-state index contributed by atoms with van der Waals surface area (Å²) in [5, 5.41) is 0.946. The normalized spacial score (nSPS) is 16.1. The SMILES string of the molecule is COCc1nsc(N2CCC(N(C)C(=O)N(C)C)CC2)n1. The monoisotopic (exact) mass is 313 g/mol. The number of aromatic nitrogens is 2. The second-order valence-corrected chi connectivity index (χ2v) is 6.16. The summed E-state index contributed by atoms with van der Waals surface area (Å²) in [6.45, 7) is 2.25. The highest BCUT2D eigenvalue weighted by Gasteiger charge is 2.27. The highest BCUT2D eigenvalue weighted by molar-refractivity contribution is 7.09. The van der Waals surface area contributed by atoms with Crippen molar-refractivity contribution in [3.63, 3.8) is 0 Å². The van der Waals surface area contributed by atoms with Crippen LogP contribution in [0.1, 0.15) is 18.7 Å². The Morgan fingerprint density at radius 2 is 2.05 bits per heavy atom. The van der Waals surface area contributed by atoms with Crippen LogP contribution in [0.3, 0.4) is 0 Å². The summed E-state index contributed by atoms with van der Waals surface area (Å²) < 4.78 is 9.32. The average Bonchev–Trinajstić information content (AvgIpc) is 2.95. The number of anilines is 1. The van der Waals surface area contributed by atoms with Crippen LogP contribution < -0.4 is 4.90 Å². The van der Waals surface area contributed by atoms with Crippen LogP contribution >= 0.6 is 11.5 Å². The highest BCUT2D eigenvalue weighted by Crippen LogP contribution is 2.24. The van der Waals surface area contributed by atoms with E-state index < -0.39 is 0 Å². The quantitative estimate of drug-likeness (QED) is 0.837. The lowest BCUT2D eigenvalue weighted by molar-refractivity contribution is 0.155. The first-order valence-corrected chi connectivity index (χ1v) is 7.81. The Labute approximate surface area is 129 Å². The molecule has 0 atom stereocenters. The minimum atomic E-state index is 0.0618. The number of methoxy groups -OCH3 is 1. The molecule has 1 aromatic heterocycles. The maximum absolute atomic E-state index is 12.0. The van der Waals surface area contributed by atoms with Crippen molar-refractivity contribution in [2.45, 2.75) is 25.5 Å². The molecule has 1 saturated heterocycles. The van der Waals surface area contributed by atoms with Crippen molar-refractivity contribution in [3.05, 3.63) is 5.82 Å². The number of rotatable bonds is 4. The molecule has 2 amide bonds. The zero-order valence-corrected chi connectivity index (χ0v) is 13.9. The van der Waals surface area contributed by atoms with Gasteiger partial charge in [0.05, 0.1) is 0 Å². The fourth-order valence-corrected chi connectivity index (χ4v) is 3.20. The minimum absolute atomic E-state index is 0.0618. The van der Waals surface area contributed by atoms with Crippen molar-refractivity contribution < 1.29 is 9.53 Å². The molecule has 8 heteroatoms. The van der Waals surface area contributed by atoms with E-state index in [1.165, 1.54) is 11.5 Å². The first-order valence-electron chi connectivity index (χ1n) is 7.03. The fraction of sp³-hybridized carbons (Fsp3) is 0.769. The van der Waals surface area contributed by atoms with E-state index in [4.69, 9.17) is 4.74 Å². The van der Waals surface area contributed by atoms with Gasteiger partial charge >= 0.3 is 6.03 Å². The van der Waals surface area contributed by atoms with E-state index >= 15 is 0 Å². The number of carbonyl (C=O) groups is 1. The molecule has 0 spiro atoms. The number of carbonyl (C=O) groups excluding carboxylic acids is 1. The van der Waals surface area contributed by atoms with E-state index in [0.29, 0.717) is 12.6 Å². The highest BCUT2D eigenvalue weighted by atomic mass is 32.1. The van der Waals surface area contributed by atoms with Gasteiger partial charge in [0.15, 0.2) is 5.82 Å². The maximum Gasteiger partial charge on any atom is 0.319 e. The molecular weight excluding hydrogens is 290 g/mol. The topological polar surface area (TPSA) is 61.8 Å². The number of amides is 2. The van der Waals surface area contributed by atoms with Gasteiger partial charge in [-0.2, -0.15) is 4.37 Å². The van der Waals surface area contributed by atoms with Gasteiger partial charge < -0.3 is 19.4 Å². The average molecular weight is 313 g/mol. The molecule has 1 fully saturated rings. The molecule has 1 aromatic rings. The van der Waals surface area contributed by atoms with Crippen LogP contribution in [-0.2, 0) is 11.3 Å². The van der Waals surface area contributed by atoms with Gasteiger partial charge in [-0.15, -0.1) is 0 Å². The number of hydrogen-bond acceptors (Lipinski definition) is 6. The summed E-state index contributed by atoms with van der Waals surface area (Å²) >= 11 is 1.41. The van der Waals surface area contributed by atoms with Crippen LogP contribution in [-0.4, -0.2) is 72.6 Å². The molecule has 0 bridgehead atoms. The molecule has 21 heavy (non-hydrogen) atoms. The number of hydrogen-bond donors (Lipinski definition) is 0. The molecule has 0 saturated carbocycles. The Hall–Kier alpha value is -1.41. The molecule has 0 unspecified atom stereocenters. The van der Waals surface area contributed by atoms with Crippen LogP contribution in [0.5, 0.6) is 0 Å². The van der Waals surface area contributed by atoms with Crippen LogP contribution in [0.25, 0.3) is 0 Å². The zero-order chi connectivity index (χ0) is 15.4. The number of nitrogens with zero attached hydrogens (tertiary/aromatic N) is 5. The molecule has 2 rings (SSSR count). The van der Waals surface area contributed by atoms with E-state index in [0.717, 1.165) is 36.9 Å². The standard InChI is InChI=1S/C13H23N5O2S/c1-16(2)13(19)17(3)10-5-7-18(8-6-10)12-14-11(9-20-4)15-21-12/h10H,5-9H2,1-4H3. The molecule has 118 valence electrons. The van der Waals surface area contributed by atoms with Crippen LogP contribution in [0.2, 0.25) is 0 Å². The first-order chi connectivity index (χ1) is 10.0. The van der Waals surface area contributed by atoms with Crippen molar-refractivity contribution in [1.29, 1.82) is 0 Å². The predicted molar refractivity (Wildman–Crippen MR) is 82.7 cm³/mol. The molecule has 1 aliphatic rings. The molecule has 0 aliphatic carbocycles. The molecule has 0 radical (unpaired) electrons. The summed E-state index contributed by atoms with van der Waals surface area (Å²) in [4.78, 5) is 22.1. The Balaban J connectivity index is 1.89. The van der Waals surface area contributed by atoms with Crippen molar-refractivity contribution in [1.82, 2.24) is 19.2 Å². The summed E-state index contributed by atoms with van der Waals surface area (Å²) in [6.07, 6.45) is 1.91. The molecule has 2 heterocycles. The van der Waals surface area contributed by atoms with Gasteiger partial charge in [0.25, 0.3) is 0 Å². The third-order valence-corrected chi connectivity index (χ3v) is 4.51. The molecule has 0 aromatic carbocycles. The number of piperidine rings is 1. The number of ether oxygens (including phenoxy) is 1. The van der Waals surface area contributed by atoms with E-state index in [1.807, 2.05) is 11.9 Å². The predicted octanol–water partition coefficient (Wildman–Crippen LogP) is 1.27. The van der Waals surface area contributed by atoms with E-state index in [2.05, 4.69) is 14.3 Å². The van der Waals surface area contributed by atoms with E-state index in [9.17, 15) is 4.79 Å². The van der Waals surface area contributed by atoms with Crippen LogP contribution in [0, 0.1) is 0 Å². The smallest absolute Gasteiger partial charge is 0.319 e. The Morgan fingerprint density at radius 1 is 1.38 bits per heavy atom. The van der Waals surface area contributed by atoms with Crippen molar-refractivity contribution >= 4 is 22.7 Å². The lowest BCUT2D eigenvalue weighted by atomic mass is 10.0. The molecular formula is C13H23N5O2S. The lowest BCUT2D eigenvalue weighted by Gasteiger charge is -2.37. The Kier molecular flexibility index (Phi) is 5.35. The fourth-order valence-electron chi connectivity index (χ4n) is 2.48. The van der Waals surface area contributed by atoms with E-state index in [1.54, 1.807) is 26.1 Å². The van der Waals surface area contributed by atoms with Gasteiger partial charge in [0.2, 0.25) is 5.13 Å². The van der Waals surface area contributed by atoms with Gasteiger partial charge in [-0.1, -0.05) is 0 Å². The maximum atomic E-state index is 12.0. The minimum Gasteiger partial charge on any atom is -0.377 e. The van der Waals surface area contributed by atoms with Crippen molar-refractivity contribution in [2.24, 2.45) is 0 Å². The van der Waals surface area contributed by atoms with Gasteiger partial charge in [-0.3, -0.25) is 0 Å². The zero-order valence-electron chi connectivity index (χ0n) is 13.1. The van der Waals surface area contributed by atoms with Gasteiger partial charge in [0, 0.05) is 58.9 Å². The summed E-state index contributed by atoms with van der Waals surface area (Å²) in [5.74, 6) is 0.736. The lowest BCUT2D eigenvalue weighted by Crippen LogP contribution is -2.48. The summed E-state index contributed by atoms with van der Waals surface area (Å²) in [7, 11) is 7.09. The summed E-state index contributed by atoms with van der Waals surface area (Å²) in [5.41, 5.74) is 0. The number of urea groups is 1. The molecule has 1 aliphatic heterocycles. The van der Waals surface area contributed by atoms with Crippen molar-refractivity contribution in [3.8, 4) is 0 Å². The Bertz CT molecular complexity index is 471. The van der Waals surface area contributed by atoms with Crippen molar-refractivity contribution in [2.75, 3.05) is 46.2 Å².